The highest BCUT2D eigenvalue weighted by molar-refractivity contribution is 5.72. The van der Waals surface area contributed by atoms with E-state index in [0.717, 1.165) is 24.2 Å². The summed E-state index contributed by atoms with van der Waals surface area (Å²) in [5.74, 6) is 0.266. The van der Waals surface area contributed by atoms with Gasteiger partial charge in [0.25, 0.3) is 0 Å². The molecule has 124 valence electrons. The highest BCUT2D eigenvalue weighted by atomic mass is 16.5. The number of unbranched alkanes of at least 4 members (excludes halogenated alkanes) is 2. The van der Waals surface area contributed by atoms with E-state index in [9.17, 15) is 9.90 Å². The molecular weight excluding hydrogens is 280 g/mol. The van der Waals surface area contributed by atoms with Crippen LogP contribution in [0.2, 0.25) is 0 Å². The Bertz CT molecular complexity index is 427. The third-order valence-corrected chi connectivity index (χ3v) is 3.80. The van der Waals surface area contributed by atoms with Crippen LogP contribution in [0.5, 0.6) is 5.75 Å². The van der Waals surface area contributed by atoms with Gasteiger partial charge < -0.3 is 14.6 Å². The molecule has 0 spiro atoms. The maximum atomic E-state index is 11.3. The van der Waals surface area contributed by atoms with Crippen molar-refractivity contribution < 1.29 is 19.4 Å². The largest absolute Gasteiger partial charge is 0.497 e. The van der Waals surface area contributed by atoms with E-state index in [4.69, 9.17) is 9.47 Å². The fourth-order valence-corrected chi connectivity index (χ4v) is 2.38. The molecule has 0 aliphatic carbocycles. The van der Waals surface area contributed by atoms with Gasteiger partial charge in [-0.15, -0.1) is 0 Å². The van der Waals surface area contributed by atoms with Gasteiger partial charge >= 0.3 is 5.97 Å². The summed E-state index contributed by atoms with van der Waals surface area (Å²) in [5.41, 5.74) is 0.950. The number of benzene rings is 1. The molecule has 2 atom stereocenters. The summed E-state index contributed by atoms with van der Waals surface area (Å²) < 4.78 is 10.7. The molecule has 22 heavy (non-hydrogen) atoms. The molecule has 1 aromatic rings. The lowest BCUT2D eigenvalue weighted by molar-refractivity contribution is -0.152. The van der Waals surface area contributed by atoms with E-state index in [1.165, 1.54) is 12.8 Å². The van der Waals surface area contributed by atoms with Gasteiger partial charge in [-0.25, -0.2) is 4.79 Å². The van der Waals surface area contributed by atoms with E-state index in [1.807, 2.05) is 24.3 Å². The van der Waals surface area contributed by atoms with Crippen LogP contribution in [0.25, 0.3) is 0 Å². The Labute approximate surface area is 133 Å². The summed E-state index contributed by atoms with van der Waals surface area (Å²) in [4.78, 5) is 11.3. The second-order valence-electron chi connectivity index (χ2n) is 5.82. The van der Waals surface area contributed by atoms with Crippen molar-refractivity contribution >= 4 is 5.97 Å². The molecule has 0 aromatic heterocycles. The van der Waals surface area contributed by atoms with Crippen molar-refractivity contribution in [2.45, 2.75) is 58.7 Å². The minimum Gasteiger partial charge on any atom is -0.497 e. The third-order valence-electron chi connectivity index (χ3n) is 3.80. The first kappa shape index (κ1) is 18.5. The molecule has 4 heteroatoms. The number of ether oxygens (including phenoxy) is 2. The lowest BCUT2D eigenvalue weighted by Gasteiger charge is -2.18. The summed E-state index contributed by atoms with van der Waals surface area (Å²) >= 11 is 0. The van der Waals surface area contributed by atoms with Crippen LogP contribution in [0.15, 0.2) is 24.3 Å². The van der Waals surface area contributed by atoms with Crippen molar-refractivity contribution in [1.82, 2.24) is 0 Å². The van der Waals surface area contributed by atoms with Crippen molar-refractivity contribution in [2.75, 3.05) is 7.11 Å². The minimum atomic E-state index is -0.879. The normalized spacial score (nSPS) is 13.6. The number of methoxy groups -OCH3 is 1. The Morgan fingerprint density at radius 3 is 2.45 bits per heavy atom. The Kier molecular flexibility index (Phi) is 8.60. The predicted octanol–water partition coefficient (Wildman–Crippen LogP) is 4.27. The Morgan fingerprint density at radius 1 is 1.23 bits per heavy atom. The van der Waals surface area contributed by atoms with Gasteiger partial charge in [0.2, 0.25) is 0 Å². The van der Waals surface area contributed by atoms with Crippen LogP contribution >= 0.6 is 0 Å². The summed E-state index contributed by atoms with van der Waals surface area (Å²) in [6, 6.07) is 7.48. The number of hydrogen-bond donors (Lipinski definition) is 1. The molecular formula is C18H28O4. The van der Waals surface area contributed by atoms with Gasteiger partial charge in [0.1, 0.15) is 5.75 Å². The molecule has 0 bridgehead atoms. The van der Waals surface area contributed by atoms with Crippen LogP contribution in [0.3, 0.4) is 0 Å². The first-order valence-electron chi connectivity index (χ1n) is 8.04. The van der Waals surface area contributed by atoms with Gasteiger partial charge in [0.15, 0.2) is 6.10 Å². The number of carboxylic acids is 1. The van der Waals surface area contributed by atoms with Crippen LogP contribution in [0.1, 0.15) is 51.5 Å². The maximum absolute atomic E-state index is 11.3. The minimum absolute atomic E-state index is 0.308. The Balaban J connectivity index is 2.44. The summed E-state index contributed by atoms with van der Waals surface area (Å²) in [5, 5.41) is 9.31. The van der Waals surface area contributed by atoms with Crippen LogP contribution < -0.4 is 4.74 Å². The van der Waals surface area contributed by atoms with Crippen LogP contribution in [-0.4, -0.2) is 24.3 Å². The number of aliphatic carboxylic acids is 1. The van der Waals surface area contributed by atoms with E-state index in [-0.39, 0.29) is 0 Å². The molecule has 0 saturated heterocycles. The molecule has 1 unspecified atom stereocenters. The first-order valence-corrected chi connectivity index (χ1v) is 8.04. The number of carboxylic acid groups (broad SMARTS) is 1. The fourth-order valence-electron chi connectivity index (χ4n) is 2.38. The summed E-state index contributed by atoms with van der Waals surface area (Å²) in [7, 11) is 1.62. The summed E-state index contributed by atoms with van der Waals surface area (Å²) in [6.45, 7) is 4.58. The van der Waals surface area contributed by atoms with Crippen molar-refractivity contribution in [3.63, 3.8) is 0 Å². The Morgan fingerprint density at radius 2 is 1.91 bits per heavy atom. The highest BCUT2D eigenvalue weighted by Crippen LogP contribution is 2.19. The molecule has 0 aliphatic rings. The van der Waals surface area contributed by atoms with Gasteiger partial charge in [-0.05, 0) is 30.0 Å². The molecule has 1 N–H and O–H groups in total. The van der Waals surface area contributed by atoms with Crippen LogP contribution in [-0.2, 0) is 16.1 Å². The molecule has 0 aliphatic heterocycles. The zero-order valence-corrected chi connectivity index (χ0v) is 13.9. The second kappa shape index (κ2) is 10.2. The van der Waals surface area contributed by atoms with Crippen molar-refractivity contribution in [1.29, 1.82) is 0 Å². The van der Waals surface area contributed by atoms with E-state index < -0.39 is 12.1 Å². The predicted molar refractivity (Wildman–Crippen MR) is 87.1 cm³/mol. The average Bonchev–Trinajstić information content (AvgIpc) is 2.52. The zero-order valence-electron chi connectivity index (χ0n) is 13.9. The quantitative estimate of drug-likeness (QED) is 0.620. The smallest absolute Gasteiger partial charge is 0.332 e. The first-order chi connectivity index (χ1) is 10.6. The van der Waals surface area contributed by atoms with Crippen molar-refractivity contribution in [2.24, 2.45) is 5.92 Å². The van der Waals surface area contributed by atoms with Crippen LogP contribution in [0, 0.1) is 5.92 Å². The molecule has 0 radical (unpaired) electrons. The van der Waals surface area contributed by atoms with Gasteiger partial charge in [-0.1, -0.05) is 51.7 Å². The fraction of sp³-hybridized carbons (Fsp3) is 0.611. The maximum Gasteiger partial charge on any atom is 0.332 e. The van der Waals surface area contributed by atoms with Crippen molar-refractivity contribution in [3.05, 3.63) is 29.8 Å². The van der Waals surface area contributed by atoms with E-state index in [1.54, 1.807) is 7.11 Å². The molecule has 4 nitrogen and oxygen atoms in total. The second-order valence-corrected chi connectivity index (χ2v) is 5.82. The molecule has 0 saturated carbocycles. The lowest BCUT2D eigenvalue weighted by Crippen LogP contribution is -2.26. The van der Waals surface area contributed by atoms with Gasteiger partial charge in [-0.3, -0.25) is 0 Å². The summed E-state index contributed by atoms with van der Waals surface area (Å²) in [6.07, 6.45) is 4.43. The standard InChI is InChI=1S/C18H28O4/c1-4-5-6-7-14(2)12-17(18(19)20)22-13-15-8-10-16(21-3)11-9-15/h8-11,14,17H,4-7,12-13H2,1-3H3,(H,19,20)/t14?,17-/m0/s1. The average molecular weight is 308 g/mol. The van der Waals surface area contributed by atoms with Gasteiger partial charge in [0, 0.05) is 0 Å². The van der Waals surface area contributed by atoms with E-state index in [2.05, 4.69) is 13.8 Å². The van der Waals surface area contributed by atoms with Crippen molar-refractivity contribution in [3.8, 4) is 5.75 Å². The topological polar surface area (TPSA) is 55.8 Å². The molecule has 0 amide bonds. The molecule has 1 aromatic carbocycles. The lowest BCUT2D eigenvalue weighted by atomic mass is 9.97. The number of rotatable bonds is 11. The van der Waals surface area contributed by atoms with E-state index >= 15 is 0 Å². The highest BCUT2D eigenvalue weighted by Gasteiger charge is 2.21. The van der Waals surface area contributed by atoms with Crippen LogP contribution in [0.4, 0.5) is 0 Å². The number of hydrogen-bond acceptors (Lipinski definition) is 3. The molecule has 1 rings (SSSR count). The third kappa shape index (κ3) is 6.94. The van der Waals surface area contributed by atoms with Gasteiger partial charge in [0.05, 0.1) is 13.7 Å². The monoisotopic (exact) mass is 308 g/mol. The SMILES string of the molecule is CCCCCC(C)C[C@H](OCc1ccc(OC)cc1)C(=O)O. The molecule has 0 heterocycles. The molecule has 0 fully saturated rings. The zero-order chi connectivity index (χ0) is 16.4. The van der Waals surface area contributed by atoms with Gasteiger partial charge in [-0.2, -0.15) is 0 Å². The number of carbonyl (C=O) groups is 1. The van der Waals surface area contributed by atoms with E-state index in [0.29, 0.717) is 18.9 Å². The Hall–Kier alpha value is -1.55.